The summed E-state index contributed by atoms with van der Waals surface area (Å²) in [7, 11) is -4.20. The van der Waals surface area contributed by atoms with Gasteiger partial charge >= 0.3 is 6.36 Å². The van der Waals surface area contributed by atoms with Gasteiger partial charge < -0.3 is 4.74 Å². The summed E-state index contributed by atoms with van der Waals surface area (Å²) in [5.41, 5.74) is 1.31. The third-order valence-electron chi connectivity index (χ3n) is 3.76. The molecule has 0 saturated carbocycles. The first kappa shape index (κ1) is 16.6. The van der Waals surface area contributed by atoms with Gasteiger partial charge in [-0.15, -0.1) is 13.2 Å². The van der Waals surface area contributed by atoms with Crippen LogP contribution in [0.2, 0.25) is 0 Å². The minimum Gasteiger partial charge on any atom is -0.404 e. The monoisotopic (exact) mass is 357 g/mol. The minimum absolute atomic E-state index is 0.397. The van der Waals surface area contributed by atoms with Crippen molar-refractivity contribution in [1.82, 2.24) is 0 Å². The van der Waals surface area contributed by atoms with Gasteiger partial charge in [0.05, 0.1) is 5.69 Å². The average Bonchev–Trinajstić information content (AvgIpc) is 2.82. The van der Waals surface area contributed by atoms with Crippen LogP contribution in [0.3, 0.4) is 0 Å². The normalized spacial score (nSPS) is 17.7. The topological polar surface area (TPSA) is 46.6 Å². The van der Waals surface area contributed by atoms with Gasteiger partial charge in [-0.05, 0) is 37.1 Å². The minimum atomic E-state index is -4.97. The summed E-state index contributed by atoms with van der Waals surface area (Å²) in [4.78, 5) is -0.508. The maximum absolute atomic E-state index is 13.0. The maximum atomic E-state index is 13.0. The van der Waals surface area contributed by atoms with E-state index in [1.54, 1.807) is 31.2 Å². The second kappa shape index (κ2) is 5.70. The first-order chi connectivity index (χ1) is 11.2. The SMILES string of the molecule is CC1Cc2ccccc2N1S(=O)(=O)c1ccccc1OC(F)(F)F. The van der Waals surface area contributed by atoms with Crippen LogP contribution >= 0.6 is 0 Å². The van der Waals surface area contributed by atoms with E-state index in [0.29, 0.717) is 12.1 Å². The lowest BCUT2D eigenvalue weighted by Crippen LogP contribution is -2.36. The van der Waals surface area contributed by atoms with E-state index >= 15 is 0 Å². The third-order valence-corrected chi connectivity index (χ3v) is 5.72. The van der Waals surface area contributed by atoms with Crippen molar-refractivity contribution in [3.63, 3.8) is 0 Å². The molecule has 0 radical (unpaired) electrons. The Bertz CT molecular complexity index is 865. The number of hydrogen-bond donors (Lipinski definition) is 0. The molecule has 0 N–H and O–H groups in total. The number of nitrogens with zero attached hydrogens (tertiary/aromatic N) is 1. The molecule has 8 heteroatoms. The first-order valence-electron chi connectivity index (χ1n) is 7.17. The van der Waals surface area contributed by atoms with Crippen molar-refractivity contribution in [2.45, 2.75) is 30.6 Å². The first-order valence-corrected chi connectivity index (χ1v) is 8.61. The van der Waals surface area contributed by atoms with Crippen molar-refractivity contribution in [3.8, 4) is 5.75 Å². The van der Waals surface area contributed by atoms with Gasteiger partial charge in [0.2, 0.25) is 0 Å². The van der Waals surface area contributed by atoms with Gasteiger partial charge in [-0.3, -0.25) is 4.31 Å². The molecule has 0 aromatic heterocycles. The van der Waals surface area contributed by atoms with Crippen molar-refractivity contribution < 1.29 is 26.3 Å². The summed E-state index contributed by atoms with van der Waals surface area (Å²) >= 11 is 0. The van der Waals surface area contributed by atoms with E-state index in [1.807, 2.05) is 0 Å². The summed E-state index contributed by atoms with van der Waals surface area (Å²) in [6, 6.07) is 11.3. The zero-order valence-electron chi connectivity index (χ0n) is 12.6. The fraction of sp³-hybridized carbons (Fsp3) is 0.250. The predicted octanol–water partition coefficient (Wildman–Crippen LogP) is 3.73. The van der Waals surface area contributed by atoms with Gasteiger partial charge in [0.15, 0.2) is 0 Å². The Hall–Kier alpha value is -2.22. The lowest BCUT2D eigenvalue weighted by atomic mass is 10.1. The largest absolute Gasteiger partial charge is 0.573 e. The summed E-state index contributed by atoms with van der Waals surface area (Å²) in [6.07, 6.45) is -4.47. The van der Waals surface area contributed by atoms with Crippen LogP contribution in [-0.2, 0) is 16.4 Å². The van der Waals surface area contributed by atoms with Gasteiger partial charge in [0, 0.05) is 6.04 Å². The maximum Gasteiger partial charge on any atom is 0.573 e. The molecule has 128 valence electrons. The smallest absolute Gasteiger partial charge is 0.404 e. The molecule has 0 saturated heterocycles. The van der Waals surface area contributed by atoms with E-state index in [2.05, 4.69) is 4.74 Å². The summed E-state index contributed by atoms with van der Waals surface area (Å²) in [5.74, 6) is -0.735. The molecule has 1 aliphatic heterocycles. The Balaban J connectivity index is 2.10. The molecule has 3 rings (SSSR count). The molecule has 0 fully saturated rings. The van der Waals surface area contributed by atoms with Crippen LogP contribution in [0.15, 0.2) is 53.4 Å². The number of hydrogen-bond acceptors (Lipinski definition) is 3. The molecule has 0 spiro atoms. The predicted molar refractivity (Wildman–Crippen MR) is 82.4 cm³/mol. The number of anilines is 1. The molecule has 1 atom stereocenters. The highest BCUT2D eigenvalue weighted by molar-refractivity contribution is 7.93. The number of benzene rings is 2. The van der Waals surface area contributed by atoms with Crippen LogP contribution in [-0.4, -0.2) is 20.8 Å². The fourth-order valence-corrected chi connectivity index (χ4v) is 4.69. The average molecular weight is 357 g/mol. The number of sulfonamides is 1. The Morgan fingerprint density at radius 1 is 1.08 bits per heavy atom. The highest BCUT2D eigenvalue weighted by Crippen LogP contribution is 2.39. The van der Waals surface area contributed by atoms with Gasteiger partial charge in [-0.2, -0.15) is 0 Å². The lowest BCUT2D eigenvalue weighted by molar-refractivity contribution is -0.275. The Kier molecular flexibility index (Phi) is 3.95. The van der Waals surface area contributed by atoms with E-state index in [9.17, 15) is 21.6 Å². The number of halogens is 3. The quantitative estimate of drug-likeness (QED) is 0.841. The van der Waals surface area contributed by atoms with Crippen LogP contribution in [0.25, 0.3) is 0 Å². The van der Waals surface area contributed by atoms with Crippen LogP contribution < -0.4 is 9.04 Å². The number of ether oxygens (including phenoxy) is 1. The molecule has 4 nitrogen and oxygen atoms in total. The zero-order valence-corrected chi connectivity index (χ0v) is 13.4. The number of fused-ring (bicyclic) bond motifs is 1. The van der Waals surface area contributed by atoms with E-state index < -0.39 is 33.1 Å². The van der Waals surface area contributed by atoms with Crippen LogP contribution in [0.5, 0.6) is 5.75 Å². The van der Waals surface area contributed by atoms with Crippen molar-refractivity contribution >= 4 is 15.7 Å². The van der Waals surface area contributed by atoms with E-state index in [4.69, 9.17) is 0 Å². The standard InChI is InChI=1S/C16H14F3NO3S/c1-11-10-12-6-2-3-7-13(12)20(11)24(21,22)15-9-5-4-8-14(15)23-16(17,18)19/h2-9,11H,10H2,1H3. The molecular weight excluding hydrogens is 343 g/mol. The molecule has 1 unspecified atom stereocenters. The second-order valence-electron chi connectivity index (χ2n) is 5.48. The van der Waals surface area contributed by atoms with Crippen LogP contribution in [0.1, 0.15) is 12.5 Å². The summed E-state index contributed by atoms with van der Waals surface area (Å²) in [5, 5.41) is 0. The van der Waals surface area contributed by atoms with Crippen molar-refractivity contribution in [2.75, 3.05) is 4.31 Å². The molecular formula is C16H14F3NO3S. The van der Waals surface area contributed by atoms with Gasteiger partial charge in [0.1, 0.15) is 10.6 Å². The molecule has 0 bridgehead atoms. The Labute approximate surface area is 137 Å². The molecule has 24 heavy (non-hydrogen) atoms. The van der Waals surface area contributed by atoms with E-state index in [0.717, 1.165) is 22.0 Å². The molecule has 2 aromatic rings. The number of rotatable bonds is 3. The van der Waals surface area contributed by atoms with Crippen molar-refractivity contribution in [2.24, 2.45) is 0 Å². The number of alkyl halides is 3. The van der Waals surface area contributed by atoms with E-state index in [1.165, 1.54) is 12.1 Å². The summed E-state index contributed by atoms with van der Waals surface area (Å²) in [6.45, 7) is 1.71. The zero-order chi connectivity index (χ0) is 17.5. The van der Waals surface area contributed by atoms with Gasteiger partial charge in [0.25, 0.3) is 10.0 Å². The van der Waals surface area contributed by atoms with Crippen molar-refractivity contribution in [3.05, 3.63) is 54.1 Å². The lowest BCUT2D eigenvalue weighted by Gasteiger charge is -2.25. The van der Waals surface area contributed by atoms with Crippen LogP contribution in [0, 0.1) is 0 Å². The summed E-state index contributed by atoms with van der Waals surface area (Å²) < 4.78 is 68.8. The van der Waals surface area contributed by atoms with Crippen LogP contribution in [0.4, 0.5) is 18.9 Å². The molecule has 0 aliphatic carbocycles. The van der Waals surface area contributed by atoms with E-state index in [-0.39, 0.29) is 0 Å². The highest BCUT2D eigenvalue weighted by atomic mass is 32.2. The Morgan fingerprint density at radius 2 is 1.71 bits per heavy atom. The molecule has 2 aromatic carbocycles. The van der Waals surface area contributed by atoms with Gasteiger partial charge in [-0.25, -0.2) is 8.42 Å². The second-order valence-corrected chi connectivity index (χ2v) is 7.26. The molecule has 1 heterocycles. The molecule has 1 aliphatic rings. The fourth-order valence-electron chi connectivity index (χ4n) is 2.88. The Morgan fingerprint density at radius 3 is 2.42 bits per heavy atom. The number of para-hydroxylation sites is 2. The third kappa shape index (κ3) is 2.93. The van der Waals surface area contributed by atoms with Gasteiger partial charge in [-0.1, -0.05) is 30.3 Å². The highest BCUT2D eigenvalue weighted by Gasteiger charge is 2.39. The molecule has 0 amide bonds. The van der Waals surface area contributed by atoms with Crippen molar-refractivity contribution in [1.29, 1.82) is 0 Å².